The van der Waals surface area contributed by atoms with Gasteiger partial charge in [-0.15, -0.1) is 0 Å². The Labute approximate surface area is 94.6 Å². The van der Waals surface area contributed by atoms with Crippen molar-refractivity contribution in [3.8, 4) is 0 Å². The summed E-state index contributed by atoms with van der Waals surface area (Å²) in [6, 6.07) is 0. The lowest BCUT2D eigenvalue weighted by atomic mass is 9.99. The fraction of sp³-hybridized carbons (Fsp3) is 0.889. The Kier molecular flexibility index (Phi) is 5.33. The van der Waals surface area contributed by atoms with Crippen LogP contribution in [0.3, 0.4) is 0 Å². The van der Waals surface area contributed by atoms with Gasteiger partial charge in [-0.25, -0.2) is 0 Å². The van der Waals surface area contributed by atoms with Gasteiger partial charge < -0.3 is 9.05 Å². The third kappa shape index (κ3) is 3.91. The fourth-order valence-electron chi connectivity index (χ4n) is 1.54. The molecule has 1 aliphatic heterocycles. The summed E-state index contributed by atoms with van der Waals surface area (Å²) in [5.41, 5.74) is 0. The van der Waals surface area contributed by atoms with Gasteiger partial charge in [0.1, 0.15) is 11.9 Å². The Morgan fingerprint density at radius 3 is 2.33 bits per heavy atom. The normalized spacial score (nSPS) is 19.1. The molecule has 1 saturated heterocycles. The van der Waals surface area contributed by atoms with Crippen molar-refractivity contribution in [3.63, 3.8) is 0 Å². The van der Waals surface area contributed by atoms with Crippen LogP contribution in [0.5, 0.6) is 0 Å². The molecule has 0 N–H and O–H groups in total. The first-order valence-electron chi connectivity index (χ1n) is 4.92. The number of Topliss-reactive ketones (excluding diaryl/α,β-unsaturated/α-hetero) is 1. The van der Waals surface area contributed by atoms with Crippen LogP contribution in [0.15, 0.2) is 0 Å². The summed E-state index contributed by atoms with van der Waals surface area (Å²) >= 11 is 1.86. The highest BCUT2D eigenvalue weighted by Crippen LogP contribution is 2.47. The van der Waals surface area contributed by atoms with E-state index in [1.54, 1.807) is 0 Å². The summed E-state index contributed by atoms with van der Waals surface area (Å²) < 4.78 is 21.2. The van der Waals surface area contributed by atoms with Gasteiger partial charge >= 0.3 is 7.60 Å². The van der Waals surface area contributed by atoms with Crippen molar-refractivity contribution in [3.05, 3.63) is 0 Å². The lowest BCUT2D eigenvalue weighted by molar-refractivity contribution is -0.120. The van der Waals surface area contributed by atoms with E-state index in [0.717, 1.165) is 24.3 Å². The van der Waals surface area contributed by atoms with Gasteiger partial charge in [0.25, 0.3) is 0 Å². The summed E-state index contributed by atoms with van der Waals surface area (Å²) in [5.74, 6) is 2.09. The van der Waals surface area contributed by atoms with E-state index in [-0.39, 0.29) is 17.9 Å². The summed E-state index contributed by atoms with van der Waals surface area (Å²) in [6.45, 7) is 0. The maximum atomic E-state index is 11.8. The maximum Gasteiger partial charge on any atom is 0.337 e. The van der Waals surface area contributed by atoms with Crippen LogP contribution in [0.1, 0.15) is 12.8 Å². The van der Waals surface area contributed by atoms with E-state index < -0.39 is 7.60 Å². The van der Waals surface area contributed by atoms with Crippen molar-refractivity contribution in [2.24, 2.45) is 5.92 Å². The maximum absolute atomic E-state index is 11.8. The zero-order valence-corrected chi connectivity index (χ0v) is 10.8. The molecule has 0 unspecified atom stereocenters. The predicted octanol–water partition coefficient (Wildman–Crippen LogP) is 2.18. The number of ketones is 1. The van der Waals surface area contributed by atoms with Crippen molar-refractivity contribution in [1.29, 1.82) is 0 Å². The predicted molar refractivity (Wildman–Crippen MR) is 61.5 cm³/mol. The minimum Gasteiger partial charge on any atom is -0.312 e. The SMILES string of the molecule is COP(=O)(CC(=O)C1CCSCC1)OC. The quantitative estimate of drug-likeness (QED) is 0.702. The van der Waals surface area contributed by atoms with Crippen molar-refractivity contribution in [2.75, 3.05) is 31.9 Å². The van der Waals surface area contributed by atoms with E-state index in [4.69, 9.17) is 9.05 Å². The first-order valence-corrected chi connectivity index (χ1v) is 7.80. The fourth-order valence-corrected chi connectivity index (χ4v) is 3.70. The average molecular weight is 252 g/mol. The number of carbonyl (C=O) groups is 1. The summed E-state index contributed by atoms with van der Waals surface area (Å²) in [4.78, 5) is 11.8. The molecule has 0 spiro atoms. The molecule has 0 radical (unpaired) electrons. The van der Waals surface area contributed by atoms with E-state index in [1.165, 1.54) is 14.2 Å². The number of rotatable bonds is 5. The van der Waals surface area contributed by atoms with Crippen LogP contribution in [0, 0.1) is 5.92 Å². The number of hydrogen-bond acceptors (Lipinski definition) is 5. The second kappa shape index (κ2) is 6.04. The number of hydrogen-bond donors (Lipinski definition) is 0. The first kappa shape index (κ1) is 13.2. The minimum absolute atomic E-state index is 0.0160. The third-order valence-electron chi connectivity index (χ3n) is 2.58. The summed E-state index contributed by atoms with van der Waals surface area (Å²) in [6.07, 6.45) is 1.68. The molecule has 0 atom stereocenters. The van der Waals surface area contributed by atoms with Gasteiger partial charge in [0.05, 0.1) is 0 Å². The molecular weight excluding hydrogens is 235 g/mol. The van der Waals surface area contributed by atoms with Crippen LogP contribution in [0.2, 0.25) is 0 Å². The largest absolute Gasteiger partial charge is 0.337 e. The Morgan fingerprint density at radius 2 is 1.87 bits per heavy atom. The molecule has 0 bridgehead atoms. The van der Waals surface area contributed by atoms with E-state index >= 15 is 0 Å². The number of thioether (sulfide) groups is 1. The van der Waals surface area contributed by atoms with Crippen molar-refractivity contribution >= 4 is 25.1 Å². The monoisotopic (exact) mass is 252 g/mol. The van der Waals surface area contributed by atoms with E-state index in [0.29, 0.717) is 0 Å². The molecule has 0 aliphatic carbocycles. The Bertz CT molecular complexity index is 255. The highest BCUT2D eigenvalue weighted by Gasteiger charge is 2.30. The molecule has 0 aromatic rings. The Morgan fingerprint density at radius 1 is 1.33 bits per heavy atom. The van der Waals surface area contributed by atoms with Gasteiger partial charge in [-0.1, -0.05) is 0 Å². The van der Waals surface area contributed by atoms with Crippen LogP contribution < -0.4 is 0 Å². The van der Waals surface area contributed by atoms with Crippen LogP contribution >= 0.6 is 19.4 Å². The van der Waals surface area contributed by atoms with Gasteiger partial charge in [-0.3, -0.25) is 9.36 Å². The average Bonchev–Trinajstić information content (AvgIpc) is 2.30. The Hall–Kier alpha value is 0.170. The van der Waals surface area contributed by atoms with Gasteiger partial charge in [-0.05, 0) is 24.3 Å². The molecule has 0 aromatic carbocycles. The Balaban J connectivity index is 2.49. The van der Waals surface area contributed by atoms with E-state index in [2.05, 4.69) is 0 Å². The van der Waals surface area contributed by atoms with Crippen LogP contribution in [-0.2, 0) is 18.4 Å². The van der Waals surface area contributed by atoms with Gasteiger partial charge in [0.2, 0.25) is 0 Å². The summed E-state index contributed by atoms with van der Waals surface area (Å²) in [5, 5.41) is 0. The first-order chi connectivity index (χ1) is 7.11. The standard InChI is InChI=1S/C9H17O4PS/c1-12-14(11,13-2)7-9(10)8-3-5-15-6-4-8/h8H,3-7H2,1-2H3. The van der Waals surface area contributed by atoms with E-state index in [1.807, 2.05) is 11.8 Å². The van der Waals surface area contributed by atoms with Crippen molar-refractivity contribution in [2.45, 2.75) is 12.8 Å². The van der Waals surface area contributed by atoms with E-state index in [9.17, 15) is 9.36 Å². The molecule has 0 amide bonds. The highest BCUT2D eigenvalue weighted by molar-refractivity contribution is 7.99. The highest BCUT2D eigenvalue weighted by atomic mass is 32.2. The smallest absolute Gasteiger partial charge is 0.312 e. The lowest BCUT2D eigenvalue weighted by Crippen LogP contribution is -2.23. The molecule has 4 nitrogen and oxygen atoms in total. The molecule has 6 heteroatoms. The van der Waals surface area contributed by atoms with Gasteiger partial charge in [-0.2, -0.15) is 11.8 Å². The minimum atomic E-state index is -3.16. The molecule has 1 aliphatic rings. The molecule has 1 rings (SSSR count). The molecule has 0 saturated carbocycles. The zero-order chi connectivity index (χ0) is 11.3. The molecular formula is C9H17O4PS. The van der Waals surface area contributed by atoms with Crippen LogP contribution in [0.4, 0.5) is 0 Å². The van der Waals surface area contributed by atoms with Crippen LogP contribution in [-0.4, -0.2) is 37.7 Å². The molecule has 88 valence electrons. The zero-order valence-electron chi connectivity index (χ0n) is 9.10. The van der Waals surface area contributed by atoms with Crippen molar-refractivity contribution in [1.82, 2.24) is 0 Å². The second-order valence-corrected chi connectivity index (χ2v) is 6.98. The number of carbonyl (C=O) groups excluding carboxylic acids is 1. The molecule has 0 aromatic heterocycles. The molecule has 1 fully saturated rings. The van der Waals surface area contributed by atoms with Crippen LogP contribution in [0.25, 0.3) is 0 Å². The van der Waals surface area contributed by atoms with Gasteiger partial charge in [0, 0.05) is 20.1 Å². The van der Waals surface area contributed by atoms with Gasteiger partial charge in [0.15, 0.2) is 0 Å². The lowest BCUT2D eigenvalue weighted by Gasteiger charge is -2.21. The molecule has 15 heavy (non-hydrogen) atoms. The second-order valence-electron chi connectivity index (χ2n) is 3.49. The topological polar surface area (TPSA) is 52.6 Å². The summed E-state index contributed by atoms with van der Waals surface area (Å²) in [7, 11) is -0.533. The van der Waals surface area contributed by atoms with Crippen molar-refractivity contribution < 1.29 is 18.4 Å². The molecule has 1 heterocycles. The third-order valence-corrected chi connectivity index (χ3v) is 5.44.